The highest BCUT2D eigenvalue weighted by Gasteiger charge is 2.50. The van der Waals surface area contributed by atoms with E-state index in [2.05, 4.69) is 13.2 Å². The Kier molecular flexibility index (Phi) is 5.60. The maximum atomic E-state index is 12.2. The zero-order chi connectivity index (χ0) is 16.0. The molecule has 0 spiro atoms. The summed E-state index contributed by atoms with van der Waals surface area (Å²) >= 11 is 0. The van der Waals surface area contributed by atoms with Gasteiger partial charge in [-0.25, -0.2) is 0 Å². The molecular weight excluding hydrogens is 274 g/mol. The topological polar surface area (TPSA) is 94.9 Å². The van der Waals surface area contributed by atoms with Crippen molar-refractivity contribution < 1.29 is 24.6 Å². The highest BCUT2D eigenvalue weighted by Crippen LogP contribution is 2.33. The van der Waals surface area contributed by atoms with Crippen molar-refractivity contribution in [2.75, 3.05) is 19.6 Å². The molecule has 6 heteroatoms. The molecule has 0 amide bonds. The van der Waals surface area contributed by atoms with Crippen molar-refractivity contribution in [2.45, 2.75) is 12.8 Å². The Hall–Kier alpha value is -2.21. The summed E-state index contributed by atoms with van der Waals surface area (Å²) < 4.78 is 0. The molecule has 1 atom stereocenters. The highest BCUT2D eigenvalue weighted by molar-refractivity contribution is 6.06. The van der Waals surface area contributed by atoms with Gasteiger partial charge in [-0.2, -0.15) is 0 Å². The van der Waals surface area contributed by atoms with E-state index in [1.165, 1.54) is 0 Å². The normalized spacial score (nSPS) is 23.6. The first kappa shape index (κ1) is 16.8. The van der Waals surface area contributed by atoms with Gasteiger partial charge in [0.2, 0.25) is 0 Å². The summed E-state index contributed by atoms with van der Waals surface area (Å²) in [6.07, 6.45) is 4.32. The number of carboxylic acid groups (broad SMARTS) is 2. The van der Waals surface area contributed by atoms with Gasteiger partial charge in [0.15, 0.2) is 5.78 Å². The number of ketones is 1. The van der Waals surface area contributed by atoms with E-state index in [0.717, 1.165) is 5.57 Å². The minimum absolute atomic E-state index is 0.00796. The second kappa shape index (κ2) is 6.99. The summed E-state index contributed by atoms with van der Waals surface area (Å²) in [4.78, 5) is 36.2. The first-order valence-electron chi connectivity index (χ1n) is 6.50. The third kappa shape index (κ3) is 3.88. The van der Waals surface area contributed by atoms with Crippen LogP contribution in [0, 0.1) is 5.41 Å². The number of carboxylic acids is 2. The summed E-state index contributed by atoms with van der Waals surface area (Å²) in [6.45, 7) is 7.95. The molecule has 0 aliphatic carbocycles. The van der Waals surface area contributed by atoms with Gasteiger partial charge in [0.25, 0.3) is 0 Å². The quantitative estimate of drug-likeness (QED) is 0.539. The number of carbonyl (C=O) groups excluding carboxylic acids is 1. The van der Waals surface area contributed by atoms with Gasteiger partial charge in [-0.15, -0.1) is 0 Å². The van der Waals surface area contributed by atoms with E-state index < -0.39 is 29.6 Å². The van der Waals surface area contributed by atoms with Crippen LogP contribution in [0.3, 0.4) is 0 Å². The van der Waals surface area contributed by atoms with Gasteiger partial charge in [-0.1, -0.05) is 31.4 Å². The molecule has 0 saturated carbocycles. The molecule has 6 nitrogen and oxygen atoms in total. The average molecular weight is 293 g/mol. The number of allylic oxidation sites excluding steroid dienone is 2. The summed E-state index contributed by atoms with van der Waals surface area (Å²) in [5.41, 5.74) is -0.947. The molecule has 1 rings (SSSR count). The zero-order valence-electron chi connectivity index (χ0n) is 11.7. The third-order valence-corrected chi connectivity index (χ3v) is 3.62. The molecule has 1 aliphatic heterocycles. The van der Waals surface area contributed by atoms with Crippen LogP contribution in [0.5, 0.6) is 0 Å². The SMILES string of the molecule is C=C/C=C(\C=C)CN1CCC(CC(=O)O)(C(=O)O)C(=O)C1. The Morgan fingerprint density at radius 3 is 2.43 bits per heavy atom. The highest BCUT2D eigenvalue weighted by atomic mass is 16.4. The molecule has 2 N–H and O–H groups in total. The predicted octanol–water partition coefficient (Wildman–Crippen LogP) is 1.11. The zero-order valence-corrected chi connectivity index (χ0v) is 11.7. The van der Waals surface area contributed by atoms with Crippen LogP contribution >= 0.6 is 0 Å². The number of nitrogens with zero attached hydrogens (tertiary/aromatic N) is 1. The smallest absolute Gasteiger partial charge is 0.317 e. The fourth-order valence-electron chi connectivity index (χ4n) is 2.40. The predicted molar refractivity (Wildman–Crippen MR) is 76.9 cm³/mol. The second-order valence-corrected chi connectivity index (χ2v) is 5.02. The molecule has 1 aliphatic rings. The van der Waals surface area contributed by atoms with E-state index in [-0.39, 0.29) is 13.0 Å². The number of likely N-dealkylation sites (tertiary alicyclic amines) is 1. The fraction of sp³-hybridized carbons (Fsp3) is 0.400. The van der Waals surface area contributed by atoms with Gasteiger partial charge in [0.1, 0.15) is 5.41 Å². The number of carbonyl (C=O) groups is 3. The van der Waals surface area contributed by atoms with Crippen LogP contribution in [0.25, 0.3) is 0 Å². The van der Waals surface area contributed by atoms with Crippen LogP contribution in [-0.2, 0) is 14.4 Å². The summed E-state index contributed by atoms with van der Waals surface area (Å²) in [7, 11) is 0. The van der Waals surface area contributed by atoms with E-state index in [1.807, 2.05) is 0 Å². The Morgan fingerprint density at radius 1 is 1.33 bits per heavy atom. The average Bonchev–Trinajstić information content (AvgIpc) is 2.40. The number of piperidine rings is 1. The van der Waals surface area contributed by atoms with Crippen molar-refractivity contribution in [2.24, 2.45) is 5.41 Å². The van der Waals surface area contributed by atoms with Crippen molar-refractivity contribution in [1.29, 1.82) is 0 Å². The number of Topliss-reactive ketones (excluding diaryl/α,β-unsaturated/α-hetero) is 1. The van der Waals surface area contributed by atoms with Crippen LogP contribution in [0.1, 0.15) is 12.8 Å². The van der Waals surface area contributed by atoms with E-state index >= 15 is 0 Å². The van der Waals surface area contributed by atoms with Crippen molar-refractivity contribution in [3.05, 3.63) is 37.0 Å². The lowest BCUT2D eigenvalue weighted by Crippen LogP contribution is -2.53. The number of hydrogen-bond acceptors (Lipinski definition) is 4. The molecule has 0 bridgehead atoms. The van der Waals surface area contributed by atoms with Crippen LogP contribution in [0.15, 0.2) is 37.0 Å². The van der Waals surface area contributed by atoms with Gasteiger partial charge >= 0.3 is 11.9 Å². The van der Waals surface area contributed by atoms with Crippen LogP contribution in [-0.4, -0.2) is 52.5 Å². The van der Waals surface area contributed by atoms with Gasteiger partial charge in [0.05, 0.1) is 13.0 Å². The van der Waals surface area contributed by atoms with E-state index in [0.29, 0.717) is 13.1 Å². The van der Waals surface area contributed by atoms with Crippen molar-refractivity contribution in [3.8, 4) is 0 Å². The number of rotatable bonds is 7. The lowest BCUT2D eigenvalue weighted by molar-refractivity contribution is -0.164. The van der Waals surface area contributed by atoms with Crippen molar-refractivity contribution in [1.82, 2.24) is 4.90 Å². The Labute approximate surface area is 123 Å². The Morgan fingerprint density at radius 2 is 2.00 bits per heavy atom. The Bertz CT molecular complexity index is 508. The molecule has 21 heavy (non-hydrogen) atoms. The lowest BCUT2D eigenvalue weighted by atomic mass is 9.74. The van der Waals surface area contributed by atoms with Crippen LogP contribution < -0.4 is 0 Å². The molecule has 0 radical (unpaired) electrons. The Balaban J connectivity index is 2.85. The fourth-order valence-corrected chi connectivity index (χ4v) is 2.40. The number of hydrogen-bond donors (Lipinski definition) is 2. The molecule has 1 heterocycles. The second-order valence-electron chi connectivity index (χ2n) is 5.02. The molecule has 0 aromatic heterocycles. The first-order valence-corrected chi connectivity index (χ1v) is 6.50. The molecule has 1 unspecified atom stereocenters. The standard InChI is InChI=1S/C15H19NO5/c1-3-5-11(4-2)9-16-7-6-15(14(20)21,8-13(18)19)12(17)10-16/h3-5H,1-2,6-10H2,(H,18,19)(H,20,21)/b11-5+. The molecule has 0 aromatic carbocycles. The van der Waals surface area contributed by atoms with E-state index in [4.69, 9.17) is 5.11 Å². The van der Waals surface area contributed by atoms with Gasteiger partial charge < -0.3 is 10.2 Å². The monoisotopic (exact) mass is 293 g/mol. The largest absolute Gasteiger partial charge is 0.481 e. The first-order chi connectivity index (χ1) is 9.85. The molecule has 1 fully saturated rings. The van der Waals surface area contributed by atoms with Gasteiger partial charge in [-0.05, 0) is 12.0 Å². The molecular formula is C15H19NO5. The summed E-state index contributed by atoms with van der Waals surface area (Å²) in [5, 5.41) is 18.1. The van der Waals surface area contributed by atoms with Gasteiger partial charge in [-0.3, -0.25) is 19.3 Å². The lowest BCUT2D eigenvalue weighted by Gasteiger charge is -2.36. The minimum Gasteiger partial charge on any atom is -0.481 e. The summed E-state index contributed by atoms with van der Waals surface area (Å²) in [5.74, 6) is -3.21. The van der Waals surface area contributed by atoms with Gasteiger partial charge in [0, 0.05) is 13.1 Å². The van der Waals surface area contributed by atoms with Crippen LogP contribution in [0.2, 0.25) is 0 Å². The number of aliphatic carboxylic acids is 2. The minimum atomic E-state index is -1.81. The third-order valence-electron chi connectivity index (χ3n) is 3.62. The maximum absolute atomic E-state index is 12.2. The molecule has 114 valence electrons. The van der Waals surface area contributed by atoms with Crippen molar-refractivity contribution in [3.63, 3.8) is 0 Å². The van der Waals surface area contributed by atoms with Crippen molar-refractivity contribution >= 4 is 17.7 Å². The molecule has 1 saturated heterocycles. The van der Waals surface area contributed by atoms with E-state index in [9.17, 15) is 19.5 Å². The van der Waals surface area contributed by atoms with E-state index in [1.54, 1.807) is 23.1 Å². The maximum Gasteiger partial charge on any atom is 0.317 e. The summed E-state index contributed by atoms with van der Waals surface area (Å²) in [6, 6.07) is 0. The molecule has 0 aromatic rings. The van der Waals surface area contributed by atoms with Crippen LogP contribution in [0.4, 0.5) is 0 Å².